The van der Waals surface area contributed by atoms with E-state index < -0.39 is 5.60 Å². The number of nitrogens with zero attached hydrogens (tertiary/aromatic N) is 2. The summed E-state index contributed by atoms with van der Waals surface area (Å²) in [5, 5.41) is 3.28. The number of rotatable bonds is 6. The van der Waals surface area contributed by atoms with Gasteiger partial charge in [-0.05, 0) is 33.1 Å². The van der Waals surface area contributed by atoms with Crippen LogP contribution in [0.5, 0.6) is 0 Å². The van der Waals surface area contributed by atoms with E-state index in [0.717, 1.165) is 30.3 Å². The summed E-state index contributed by atoms with van der Waals surface area (Å²) >= 11 is 0. The molecule has 1 aromatic heterocycles. The average Bonchev–Trinajstić information content (AvgIpc) is 3.22. The minimum atomic E-state index is -0.394. The maximum absolute atomic E-state index is 5.61. The fraction of sp³-hybridized carbons (Fsp3) is 0.714. The highest BCUT2D eigenvalue weighted by Crippen LogP contribution is 2.40. The molecule has 0 radical (unpaired) electrons. The molecule has 1 heterocycles. The van der Waals surface area contributed by atoms with Crippen LogP contribution in [-0.4, -0.2) is 23.6 Å². The van der Waals surface area contributed by atoms with E-state index in [0.29, 0.717) is 5.92 Å². The van der Waals surface area contributed by atoms with Gasteiger partial charge in [-0.3, -0.25) is 0 Å². The average molecular weight is 249 g/mol. The minimum absolute atomic E-state index is 0.394. The van der Waals surface area contributed by atoms with Gasteiger partial charge in [0.25, 0.3) is 0 Å². The number of ether oxygens (including phenoxy) is 1. The second-order valence-corrected chi connectivity index (χ2v) is 5.09. The Morgan fingerprint density at radius 3 is 2.61 bits per heavy atom. The van der Waals surface area contributed by atoms with Gasteiger partial charge in [-0.2, -0.15) is 0 Å². The second kappa shape index (κ2) is 5.22. The van der Waals surface area contributed by atoms with Gasteiger partial charge in [0.15, 0.2) is 5.82 Å². The molecule has 18 heavy (non-hydrogen) atoms. The number of nitrogens with one attached hydrogen (secondary N) is 1. The Hall–Kier alpha value is -1.16. The molecule has 0 amide bonds. The van der Waals surface area contributed by atoms with Gasteiger partial charge in [0.05, 0.1) is 0 Å². The molecular weight excluding hydrogens is 226 g/mol. The monoisotopic (exact) mass is 249 g/mol. The normalized spacial score (nSPS) is 18.4. The Labute approximate surface area is 109 Å². The summed E-state index contributed by atoms with van der Waals surface area (Å²) in [6, 6.07) is 2.08. The van der Waals surface area contributed by atoms with Crippen molar-refractivity contribution in [1.82, 2.24) is 9.97 Å². The van der Waals surface area contributed by atoms with Gasteiger partial charge in [-0.15, -0.1) is 0 Å². The zero-order valence-electron chi connectivity index (χ0n) is 11.8. The highest BCUT2D eigenvalue weighted by molar-refractivity contribution is 5.38. The highest BCUT2D eigenvalue weighted by atomic mass is 16.5. The molecule has 0 aromatic carbocycles. The van der Waals surface area contributed by atoms with Crippen LogP contribution in [-0.2, 0) is 10.3 Å². The van der Waals surface area contributed by atoms with E-state index >= 15 is 0 Å². The Balaban J connectivity index is 2.38. The zero-order valence-corrected chi connectivity index (χ0v) is 11.8. The zero-order chi connectivity index (χ0) is 13.2. The van der Waals surface area contributed by atoms with E-state index in [-0.39, 0.29) is 0 Å². The van der Waals surface area contributed by atoms with Gasteiger partial charge in [-0.25, -0.2) is 9.97 Å². The first-order valence-electron chi connectivity index (χ1n) is 6.81. The summed E-state index contributed by atoms with van der Waals surface area (Å²) in [4.78, 5) is 9.32. The second-order valence-electron chi connectivity index (χ2n) is 5.09. The standard InChI is InChI=1S/C14H23N3O/c1-5-14(3,18-4)13-16-11(10-7-8-10)9-12(17-13)15-6-2/h9-10H,5-8H2,1-4H3,(H,15,16,17). The lowest BCUT2D eigenvalue weighted by Gasteiger charge is -2.25. The van der Waals surface area contributed by atoms with Crippen LogP contribution in [0.2, 0.25) is 0 Å². The third kappa shape index (κ3) is 2.64. The van der Waals surface area contributed by atoms with Crippen molar-refractivity contribution in [1.29, 1.82) is 0 Å². The predicted molar refractivity (Wildman–Crippen MR) is 72.8 cm³/mol. The van der Waals surface area contributed by atoms with Crippen LogP contribution in [0.3, 0.4) is 0 Å². The molecular formula is C14H23N3O. The summed E-state index contributed by atoms with van der Waals surface area (Å²) < 4.78 is 5.61. The quantitative estimate of drug-likeness (QED) is 0.841. The molecule has 4 nitrogen and oxygen atoms in total. The largest absolute Gasteiger partial charge is 0.371 e. The summed E-state index contributed by atoms with van der Waals surface area (Å²) in [7, 11) is 1.73. The van der Waals surface area contributed by atoms with E-state index in [1.165, 1.54) is 12.8 Å². The SMILES string of the molecule is CCNc1cc(C2CC2)nc(C(C)(CC)OC)n1. The van der Waals surface area contributed by atoms with Crippen molar-refractivity contribution in [2.45, 2.75) is 51.6 Å². The summed E-state index contributed by atoms with van der Waals surface area (Å²) in [6.45, 7) is 7.10. The molecule has 1 unspecified atom stereocenters. The molecule has 1 aliphatic rings. The fourth-order valence-electron chi connectivity index (χ4n) is 1.96. The van der Waals surface area contributed by atoms with E-state index in [4.69, 9.17) is 9.72 Å². The van der Waals surface area contributed by atoms with Gasteiger partial charge < -0.3 is 10.1 Å². The molecule has 1 N–H and O–H groups in total. The molecule has 1 saturated carbocycles. The first-order valence-corrected chi connectivity index (χ1v) is 6.81. The first kappa shape index (κ1) is 13.3. The molecule has 1 aromatic rings. The third-order valence-corrected chi connectivity index (χ3v) is 3.70. The molecule has 2 rings (SSSR count). The molecule has 0 saturated heterocycles. The Morgan fingerprint density at radius 1 is 1.39 bits per heavy atom. The van der Waals surface area contributed by atoms with E-state index in [1.54, 1.807) is 7.11 Å². The number of aromatic nitrogens is 2. The van der Waals surface area contributed by atoms with E-state index in [9.17, 15) is 0 Å². The lowest BCUT2D eigenvalue weighted by atomic mass is 10.0. The molecule has 100 valence electrons. The van der Waals surface area contributed by atoms with Crippen LogP contribution in [0.15, 0.2) is 6.07 Å². The van der Waals surface area contributed by atoms with Crippen molar-refractivity contribution >= 4 is 5.82 Å². The van der Waals surface area contributed by atoms with E-state index in [2.05, 4.69) is 37.1 Å². The summed E-state index contributed by atoms with van der Waals surface area (Å²) in [5.74, 6) is 2.34. The van der Waals surface area contributed by atoms with Crippen molar-refractivity contribution in [3.05, 3.63) is 17.6 Å². The topological polar surface area (TPSA) is 47.0 Å². The van der Waals surface area contributed by atoms with Crippen molar-refractivity contribution in [2.24, 2.45) is 0 Å². The lowest BCUT2D eigenvalue weighted by molar-refractivity contribution is -0.00903. The van der Waals surface area contributed by atoms with Crippen LogP contribution < -0.4 is 5.32 Å². The third-order valence-electron chi connectivity index (χ3n) is 3.70. The van der Waals surface area contributed by atoms with Crippen LogP contribution >= 0.6 is 0 Å². The van der Waals surface area contributed by atoms with Gasteiger partial charge in [0.2, 0.25) is 0 Å². The minimum Gasteiger partial charge on any atom is -0.371 e. The Bertz CT molecular complexity index is 412. The van der Waals surface area contributed by atoms with Gasteiger partial charge in [0, 0.05) is 31.3 Å². The Morgan fingerprint density at radius 2 is 2.11 bits per heavy atom. The molecule has 1 fully saturated rings. The van der Waals surface area contributed by atoms with Gasteiger partial charge in [0.1, 0.15) is 11.4 Å². The molecule has 4 heteroatoms. The molecule has 1 atom stereocenters. The van der Waals surface area contributed by atoms with Crippen LogP contribution in [0, 0.1) is 0 Å². The molecule has 0 aliphatic heterocycles. The number of hydrogen-bond donors (Lipinski definition) is 1. The maximum atomic E-state index is 5.61. The summed E-state index contributed by atoms with van der Waals surface area (Å²) in [5.41, 5.74) is 0.766. The fourth-order valence-corrected chi connectivity index (χ4v) is 1.96. The number of anilines is 1. The van der Waals surface area contributed by atoms with Crippen molar-refractivity contribution in [3.8, 4) is 0 Å². The van der Waals surface area contributed by atoms with Crippen molar-refractivity contribution in [3.63, 3.8) is 0 Å². The smallest absolute Gasteiger partial charge is 0.162 e. The van der Waals surface area contributed by atoms with Gasteiger partial charge >= 0.3 is 0 Å². The number of hydrogen-bond acceptors (Lipinski definition) is 4. The summed E-state index contributed by atoms with van der Waals surface area (Å²) in [6.07, 6.45) is 3.36. The van der Waals surface area contributed by atoms with Crippen LogP contribution in [0.1, 0.15) is 57.5 Å². The lowest BCUT2D eigenvalue weighted by Crippen LogP contribution is -2.27. The maximum Gasteiger partial charge on any atom is 0.162 e. The first-order chi connectivity index (χ1) is 8.62. The number of methoxy groups -OCH3 is 1. The molecule has 1 aliphatic carbocycles. The highest BCUT2D eigenvalue weighted by Gasteiger charge is 2.31. The van der Waals surface area contributed by atoms with Crippen molar-refractivity contribution in [2.75, 3.05) is 19.0 Å². The predicted octanol–water partition coefficient (Wildman–Crippen LogP) is 3.06. The van der Waals surface area contributed by atoms with E-state index in [1.807, 2.05) is 0 Å². The molecule has 0 spiro atoms. The van der Waals surface area contributed by atoms with Crippen molar-refractivity contribution < 1.29 is 4.74 Å². The molecule has 0 bridgehead atoms. The Kier molecular flexibility index (Phi) is 3.85. The van der Waals surface area contributed by atoms with Crippen LogP contribution in [0.4, 0.5) is 5.82 Å². The van der Waals surface area contributed by atoms with Crippen LogP contribution in [0.25, 0.3) is 0 Å². The van der Waals surface area contributed by atoms with Gasteiger partial charge in [-0.1, -0.05) is 6.92 Å².